The highest BCUT2D eigenvalue weighted by molar-refractivity contribution is 5.68. The van der Waals surface area contributed by atoms with Crippen molar-refractivity contribution in [2.45, 2.75) is 32.3 Å². The van der Waals surface area contributed by atoms with Crippen molar-refractivity contribution < 1.29 is 9.63 Å². The Balaban J connectivity index is 1.66. The molecule has 3 heterocycles. The van der Waals surface area contributed by atoms with E-state index in [2.05, 4.69) is 38.8 Å². The lowest BCUT2D eigenvalue weighted by Gasteiger charge is -2.29. The highest BCUT2D eigenvalue weighted by Gasteiger charge is 2.27. The van der Waals surface area contributed by atoms with Crippen LogP contribution in [0, 0.1) is 0 Å². The molecule has 1 aromatic carbocycles. The fourth-order valence-corrected chi connectivity index (χ4v) is 3.92. The standard InChI is InChI=1S/C27H29N5O2/c1-27(2,3)34-32(19-33)18-23(24-7-5-6-14-29-24)26-30-17-25(31(26)4)22-10-8-20(9-11-22)21-12-15-28-16-13-21/h5-17,19,23H,18H2,1-4H3. The Morgan fingerprint density at radius 2 is 1.62 bits per heavy atom. The minimum atomic E-state index is -0.501. The molecular formula is C27H29N5O2. The average molecular weight is 456 g/mol. The van der Waals surface area contributed by atoms with Gasteiger partial charge in [-0.1, -0.05) is 30.3 Å². The number of carbonyl (C=O) groups excluding carboxylic acids is 1. The lowest BCUT2D eigenvalue weighted by Crippen LogP contribution is -2.36. The first kappa shape index (κ1) is 23.3. The van der Waals surface area contributed by atoms with E-state index in [0.717, 1.165) is 33.9 Å². The second-order valence-electron chi connectivity index (χ2n) is 9.09. The molecule has 174 valence electrons. The molecule has 0 radical (unpaired) electrons. The van der Waals surface area contributed by atoms with Gasteiger partial charge < -0.3 is 4.57 Å². The van der Waals surface area contributed by atoms with Crippen molar-refractivity contribution in [1.29, 1.82) is 0 Å². The molecule has 7 nitrogen and oxygen atoms in total. The molecule has 4 aromatic rings. The van der Waals surface area contributed by atoms with Crippen LogP contribution in [0.4, 0.5) is 0 Å². The van der Waals surface area contributed by atoms with Gasteiger partial charge in [0.25, 0.3) is 0 Å². The van der Waals surface area contributed by atoms with Crippen molar-refractivity contribution in [2.75, 3.05) is 6.54 Å². The summed E-state index contributed by atoms with van der Waals surface area (Å²) in [4.78, 5) is 31.0. The maximum Gasteiger partial charge on any atom is 0.233 e. The molecule has 0 spiro atoms. The van der Waals surface area contributed by atoms with Crippen molar-refractivity contribution in [2.24, 2.45) is 7.05 Å². The molecular weight excluding hydrogens is 426 g/mol. The topological polar surface area (TPSA) is 73.1 Å². The molecule has 0 aliphatic rings. The molecule has 4 rings (SSSR count). The van der Waals surface area contributed by atoms with Gasteiger partial charge in [-0.25, -0.2) is 10.0 Å². The third kappa shape index (κ3) is 5.38. The van der Waals surface area contributed by atoms with Crippen molar-refractivity contribution in [3.8, 4) is 22.4 Å². The minimum absolute atomic E-state index is 0.261. The van der Waals surface area contributed by atoms with Gasteiger partial charge in [-0.05, 0) is 61.7 Å². The zero-order valence-corrected chi connectivity index (χ0v) is 19.9. The summed E-state index contributed by atoms with van der Waals surface area (Å²) in [6, 6.07) is 18.1. The summed E-state index contributed by atoms with van der Waals surface area (Å²) in [7, 11) is 1.99. The third-order valence-corrected chi connectivity index (χ3v) is 5.45. The van der Waals surface area contributed by atoms with Crippen LogP contribution in [0.25, 0.3) is 22.4 Å². The largest absolute Gasteiger partial charge is 0.331 e. The molecule has 0 saturated carbocycles. The van der Waals surface area contributed by atoms with Crippen LogP contribution in [0.15, 0.2) is 79.4 Å². The number of imidazole rings is 1. The summed E-state index contributed by atoms with van der Waals surface area (Å²) in [6.45, 7) is 6.03. The summed E-state index contributed by atoms with van der Waals surface area (Å²) < 4.78 is 2.06. The van der Waals surface area contributed by atoms with E-state index in [-0.39, 0.29) is 5.92 Å². The summed E-state index contributed by atoms with van der Waals surface area (Å²) in [5, 5.41) is 1.33. The predicted molar refractivity (Wildman–Crippen MR) is 132 cm³/mol. The fourth-order valence-electron chi connectivity index (χ4n) is 3.92. The zero-order chi connectivity index (χ0) is 24.1. The first-order valence-corrected chi connectivity index (χ1v) is 11.2. The summed E-state index contributed by atoms with van der Waals surface area (Å²) in [5.74, 6) is 0.542. The van der Waals surface area contributed by atoms with Gasteiger partial charge in [-0.2, -0.15) is 0 Å². The third-order valence-electron chi connectivity index (χ3n) is 5.45. The van der Waals surface area contributed by atoms with Gasteiger partial charge in [-0.3, -0.25) is 19.6 Å². The molecule has 0 bridgehead atoms. The van der Waals surface area contributed by atoms with Gasteiger partial charge in [0.05, 0.1) is 35.6 Å². The number of hydroxylamine groups is 2. The van der Waals surface area contributed by atoms with Crippen LogP contribution in [0.1, 0.15) is 38.2 Å². The monoisotopic (exact) mass is 455 g/mol. The Labute approximate surface area is 200 Å². The number of pyridine rings is 2. The minimum Gasteiger partial charge on any atom is -0.331 e. The van der Waals surface area contributed by atoms with E-state index in [9.17, 15) is 4.79 Å². The van der Waals surface area contributed by atoms with Crippen molar-refractivity contribution in [1.82, 2.24) is 24.6 Å². The van der Waals surface area contributed by atoms with Gasteiger partial charge in [-0.15, -0.1) is 0 Å². The maximum atomic E-state index is 11.8. The van der Waals surface area contributed by atoms with Crippen LogP contribution in [0.3, 0.4) is 0 Å². The number of hydrogen-bond acceptors (Lipinski definition) is 5. The number of hydrogen-bond donors (Lipinski definition) is 0. The van der Waals surface area contributed by atoms with Crippen LogP contribution in [0.2, 0.25) is 0 Å². The normalized spacial score (nSPS) is 12.4. The zero-order valence-electron chi connectivity index (χ0n) is 19.9. The molecule has 0 saturated heterocycles. The van der Waals surface area contributed by atoms with E-state index in [1.165, 1.54) is 5.06 Å². The van der Waals surface area contributed by atoms with Gasteiger partial charge in [0.2, 0.25) is 6.41 Å². The first-order chi connectivity index (χ1) is 16.4. The quantitative estimate of drug-likeness (QED) is 0.280. The number of benzene rings is 1. The number of nitrogens with zero attached hydrogens (tertiary/aromatic N) is 5. The van der Waals surface area contributed by atoms with Crippen LogP contribution < -0.4 is 0 Å². The van der Waals surface area contributed by atoms with Gasteiger partial charge in [0.1, 0.15) is 5.82 Å². The highest BCUT2D eigenvalue weighted by atomic mass is 16.7. The molecule has 1 amide bonds. The molecule has 0 aliphatic carbocycles. The summed E-state index contributed by atoms with van der Waals surface area (Å²) in [6.07, 6.45) is 7.91. The van der Waals surface area contributed by atoms with E-state index < -0.39 is 5.60 Å². The van der Waals surface area contributed by atoms with E-state index in [0.29, 0.717) is 13.0 Å². The predicted octanol–water partition coefficient (Wildman–Crippen LogP) is 4.86. The molecule has 0 aliphatic heterocycles. The van der Waals surface area contributed by atoms with Gasteiger partial charge >= 0.3 is 0 Å². The lowest BCUT2D eigenvalue weighted by molar-refractivity contribution is -0.217. The molecule has 0 N–H and O–H groups in total. The summed E-state index contributed by atoms with van der Waals surface area (Å²) in [5.41, 5.74) is 4.60. The molecule has 3 aromatic heterocycles. The highest BCUT2D eigenvalue weighted by Crippen LogP contribution is 2.29. The summed E-state index contributed by atoms with van der Waals surface area (Å²) >= 11 is 0. The Hall–Kier alpha value is -3.84. The lowest BCUT2D eigenvalue weighted by atomic mass is 10.0. The molecule has 1 atom stereocenters. The number of amides is 1. The van der Waals surface area contributed by atoms with Crippen LogP contribution in [-0.2, 0) is 16.7 Å². The Kier molecular flexibility index (Phi) is 6.84. The first-order valence-electron chi connectivity index (χ1n) is 11.2. The molecule has 34 heavy (non-hydrogen) atoms. The van der Waals surface area contributed by atoms with E-state index in [1.54, 1.807) is 18.6 Å². The molecule has 1 unspecified atom stereocenters. The fraction of sp³-hybridized carbons (Fsp3) is 0.259. The van der Waals surface area contributed by atoms with Gasteiger partial charge in [0.15, 0.2) is 0 Å². The Bertz CT molecular complexity index is 1220. The average Bonchev–Trinajstić information content (AvgIpc) is 3.23. The van der Waals surface area contributed by atoms with Crippen molar-refractivity contribution >= 4 is 6.41 Å². The number of rotatable bonds is 8. The van der Waals surface area contributed by atoms with E-state index >= 15 is 0 Å². The maximum absolute atomic E-state index is 11.8. The SMILES string of the molecule is Cn1c(-c2ccc(-c3ccncc3)cc2)cnc1C(CN(C=O)OC(C)(C)C)c1ccccn1. The van der Waals surface area contributed by atoms with Crippen molar-refractivity contribution in [3.63, 3.8) is 0 Å². The van der Waals surface area contributed by atoms with E-state index in [4.69, 9.17) is 9.82 Å². The van der Waals surface area contributed by atoms with Crippen LogP contribution in [0.5, 0.6) is 0 Å². The smallest absolute Gasteiger partial charge is 0.233 e. The van der Waals surface area contributed by atoms with Crippen LogP contribution >= 0.6 is 0 Å². The van der Waals surface area contributed by atoms with Gasteiger partial charge in [0, 0.05) is 25.6 Å². The van der Waals surface area contributed by atoms with Crippen LogP contribution in [-0.4, -0.2) is 43.1 Å². The van der Waals surface area contributed by atoms with E-state index in [1.807, 2.05) is 64.3 Å². The number of aromatic nitrogens is 4. The Morgan fingerprint density at radius 1 is 0.941 bits per heavy atom. The van der Waals surface area contributed by atoms with Crippen molar-refractivity contribution in [3.05, 3.63) is 90.9 Å². The second-order valence-corrected chi connectivity index (χ2v) is 9.09. The Morgan fingerprint density at radius 3 is 2.24 bits per heavy atom. The molecule has 7 heteroatoms. The second kappa shape index (κ2) is 9.97. The number of carbonyl (C=O) groups is 1. The molecule has 0 fully saturated rings.